The molecule has 0 aliphatic heterocycles. The highest BCUT2D eigenvalue weighted by Gasteiger charge is 2.54. The number of hydrogen-bond donors (Lipinski definition) is 0. The molecule has 120 valence electrons. The zero-order valence-electron chi connectivity index (χ0n) is 10.9. The summed E-state index contributed by atoms with van der Waals surface area (Å²) in [7, 11) is -5.90. The number of allylic oxidation sites excluding steroid dienone is 1. The molecule has 3 nitrogen and oxygen atoms in total. The van der Waals surface area contributed by atoms with Crippen LogP contribution in [-0.2, 0) is 22.7 Å². The number of alkyl halides is 5. The van der Waals surface area contributed by atoms with E-state index in [0.29, 0.717) is 6.07 Å². The molecule has 0 amide bonds. The molecule has 9 heteroatoms. The van der Waals surface area contributed by atoms with Crippen LogP contribution in [0.1, 0.15) is 21.5 Å². The van der Waals surface area contributed by atoms with Gasteiger partial charge in [0, 0.05) is 12.0 Å². The molecule has 0 saturated carbocycles. The Labute approximate surface area is 122 Å². The molecule has 1 aromatic rings. The second kappa shape index (κ2) is 4.87. The highest BCUT2D eigenvalue weighted by Crippen LogP contribution is 2.42. The summed E-state index contributed by atoms with van der Waals surface area (Å²) < 4.78 is 88.1. The van der Waals surface area contributed by atoms with E-state index < -0.39 is 43.9 Å². The number of carbonyl (C=O) groups is 1. The van der Waals surface area contributed by atoms with Crippen molar-refractivity contribution >= 4 is 15.6 Å². The normalized spacial score (nSPS) is 17.4. The number of Topliss-reactive ketones (excluding diaryl/α,β-unsaturated/α-hetero) is 1. The highest BCUT2D eigenvalue weighted by atomic mass is 32.2. The van der Waals surface area contributed by atoms with Crippen LogP contribution >= 0.6 is 0 Å². The Kier molecular flexibility index (Phi) is 3.67. The summed E-state index contributed by atoms with van der Waals surface area (Å²) in [5.74, 6) is -5.83. The molecule has 0 saturated heterocycles. The first-order chi connectivity index (χ1) is 9.93. The first kappa shape index (κ1) is 16.6. The Morgan fingerprint density at radius 1 is 1.27 bits per heavy atom. The van der Waals surface area contributed by atoms with Crippen LogP contribution in [0.5, 0.6) is 0 Å². The van der Waals surface area contributed by atoms with Crippen molar-refractivity contribution in [2.45, 2.75) is 29.2 Å². The first-order valence-electron chi connectivity index (χ1n) is 5.93. The number of rotatable bonds is 3. The predicted octanol–water partition coefficient (Wildman–Crippen LogP) is 3.08. The predicted molar refractivity (Wildman–Crippen MR) is 66.6 cm³/mol. The lowest BCUT2D eigenvalue weighted by Gasteiger charge is -2.13. The third kappa shape index (κ3) is 2.33. The fraction of sp³-hybridized carbons (Fsp3) is 0.308. The summed E-state index contributed by atoms with van der Waals surface area (Å²) in [6.07, 6.45) is 0.220. The van der Waals surface area contributed by atoms with E-state index in [0.717, 1.165) is 6.07 Å². The van der Waals surface area contributed by atoms with Gasteiger partial charge in [0.2, 0.25) is 5.78 Å². The topological polar surface area (TPSA) is 51.2 Å². The Morgan fingerprint density at radius 2 is 1.86 bits per heavy atom. The van der Waals surface area contributed by atoms with Crippen molar-refractivity contribution in [2.75, 3.05) is 0 Å². The average molecular weight is 340 g/mol. The molecular formula is C13H9F5O3S. The molecule has 0 radical (unpaired) electrons. The number of ketones is 1. The number of fused-ring (bicyclic) bond motifs is 1. The van der Waals surface area contributed by atoms with Crippen LogP contribution in [0.15, 0.2) is 29.7 Å². The molecule has 0 atom stereocenters. The third-order valence-electron chi connectivity index (χ3n) is 3.29. The Balaban J connectivity index is 2.80. The van der Waals surface area contributed by atoms with Gasteiger partial charge in [0.25, 0.3) is 9.84 Å². The van der Waals surface area contributed by atoms with Crippen LogP contribution in [0.2, 0.25) is 0 Å². The molecular weight excluding hydrogens is 331 g/mol. The minimum Gasteiger partial charge on any atom is -0.287 e. The van der Waals surface area contributed by atoms with Gasteiger partial charge in [0.1, 0.15) is 0 Å². The van der Waals surface area contributed by atoms with Crippen molar-refractivity contribution in [1.29, 1.82) is 0 Å². The highest BCUT2D eigenvalue weighted by molar-refractivity contribution is 7.92. The second-order valence-corrected chi connectivity index (χ2v) is 6.64. The lowest BCUT2D eigenvalue weighted by atomic mass is 10.0. The molecule has 0 N–H and O–H groups in total. The minimum absolute atomic E-state index is 0.0258. The van der Waals surface area contributed by atoms with Gasteiger partial charge in [-0.3, -0.25) is 4.79 Å². The smallest absolute Gasteiger partial charge is 0.287 e. The Bertz CT molecular complexity index is 763. The number of benzene rings is 1. The van der Waals surface area contributed by atoms with Gasteiger partial charge >= 0.3 is 11.4 Å². The molecule has 0 spiro atoms. The maximum Gasteiger partial charge on any atom is 0.501 e. The fourth-order valence-electron chi connectivity index (χ4n) is 2.30. The lowest BCUT2D eigenvalue weighted by Crippen LogP contribution is -2.28. The van der Waals surface area contributed by atoms with Crippen molar-refractivity contribution < 1.29 is 35.2 Å². The van der Waals surface area contributed by atoms with Gasteiger partial charge in [0.05, 0.1) is 4.90 Å². The summed E-state index contributed by atoms with van der Waals surface area (Å²) in [4.78, 5) is 10.2. The number of sulfone groups is 1. The summed E-state index contributed by atoms with van der Waals surface area (Å²) in [6, 6.07) is 1.54. The monoisotopic (exact) mass is 340 g/mol. The summed E-state index contributed by atoms with van der Waals surface area (Å²) >= 11 is 0. The van der Waals surface area contributed by atoms with E-state index in [-0.39, 0.29) is 17.5 Å². The molecule has 22 heavy (non-hydrogen) atoms. The molecule has 2 rings (SSSR count). The molecule has 1 aromatic carbocycles. The van der Waals surface area contributed by atoms with E-state index in [2.05, 4.69) is 6.58 Å². The van der Waals surface area contributed by atoms with Crippen LogP contribution in [-0.4, -0.2) is 25.6 Å². The standard InChI is InChI=1S/C13H9F5O3S/c1-2-3-7-4-5-9(22(20,21)13(16,17)18)10-8(7)6-12(14,15)11(10)19/h2,4-5H,1,3,6H2. The molecule has 1 aliphatic rings. The quantitative estimate of drug-likeness (QED) is 0.628. The van der Waals surface area contributed by atoms with E-state index in [4.69, 9.17) is 0 Å². The maximum atomic E-state index is 13.6. The van der Waals surface area contributed by atoms with Gasteiger partial charge in [-0.1, -0.05) is 12.1 Å². The van der Waals surface area contributed by atoms with E-state index in [9.17, 15) is 35.2 Å². The van der Waals surface area contributed by atoms with Crippen LogP contribution in [0.4, 0.5) is 22.0 Å². The first-order valence-corrected chi connectivity index (χ1v) is 7.41. The zero-order valence-corrected chi connectivity index (χ0v) is 11.7. The number of hydrogen-bond acceptors (Lipinski definition) is 3. The Morgan fingerprint density at radius 3 is 2.36 bits per heavy atom. The Hall–Kier alpha value is -1.77. The van der Waals surface area contributed by atoms with E-state index in [1.54, 1.807) is 0 Å². The second-order valence-electron chi connectivity index (χ2n) is 4.73. The zero-order chi connectivity index (χ0) is 16.9. The molecule has 0 unspecified atom stereocenters. The molecule has 1 aliphatic carbocycles. The average Bonchev–Trinajstić information content (AvgIpc) is 2.61. The van der Waals surface area contributed by atoms with Crippen molar-refractivity contribution in [3.05, 3.63) is 41.5 Å². The van der Waals surface area contributed by atoms with Gasteiger partial charge in [-0.15, -0.1) is 6.58 Å². The largest absolute Gasteiger partial charge is 0.501 e. The van der Waals surface area contributed by atoms with Crippen molar-refractivity contribution in [3.63, 3.8) is 0 Å². The van der Waals surface area contributed by atoms with Gasteiger partial charge in [-0.05, 0) is 23.6 Å². The van der Waals surface area contributed by atoms with E-state index in [1.807, 2.05) is 0 Å². The van der Waals surface area contributed by atoms with Crippen molar-refractivity contribution in [1.82, 2.24) is 0 Å². The van der Waals surface area contributed by atoms with Crippen LogP contribution < -0.4 is 0 Å². The molecule has 0 aromatic heterocycles. The van der Waals surface area contributed by atoms with E-state index in [1.165, 1.54) is 6.08 Å². The summed E-state index contributed by atoms with van der Waals surface area (Å²) in [6.45, 7) is 3.38. The molecule has 0 heterocycles. The molecule has 0 bridgehead atoms. The van der Waals surface area contributed by atoms with Crippen LogP contribution in [0.3, 0.4) is 0 Å². The van der Waals surface area contributed by atoms with Gasteiger partial charge in [0.15, 0.2) is 0 Å². The van der Waals surface area contributed by atoms with Crippen molar-refractivity contribution in [2.24, 2.45) is 0 Å². The summed E-state index contributed by atoms with van der Waals surface area (Å²) in [5, 5.41) is 0. The fourth-order valence-corrected chi connectivity index (χ4v) is 3.28. The van der Waals surface area contributed by atoms with Gasteiger partial charge in [-0.2, -0.15) is 22.0 Å². The minimum atomic E-state index is -5.90. The van der Waals surface area contributed by atoms with E-state index >= 15 is 0 Å². The number of carbonyl (C=O) groups excluding carboxylic acids is 1. The van der Waals surface area contributed by atoms with Crippen LogP contribution in [0.25, 0.3) is 0 Å². The lowest BCUT2D eigenvalue weighted by molar-refractivity contribution is -0.0436. The van der Waals surface area contributed by atoms with Gasteiger partial charge in [-0.25, -0.2) is 8.42 Å². The third-order valence-corrected chi connectivity index (χ3v) is 4.82. The number of halogens is 5. The van der Waals surface area contributed by atoms with Gasteiger partial charge < -0.3 is 0 Å². The molecule has 0 fully saturated rings. The SMILES string of the molecule is C=CCc1ccc(S(=O)(=O)C(F)(F)F)c2c1CC(F)(F)C2=O. The van der Waals surface area contributed by atoms with Crippen molar-refractivity contribution in [3.8, 4) is 0 Å². The maximum absolute atomic E-state index is 13.6. The van der Waals surface area contributed by atoms with Crippen LogP contribution in [0, 0.1) is 0 Å². The summed E-state index contributed by atoms with van der Waals surface area (Å²) in [5.41, 5.74) is -6.97.